The third kappa shape index (κ3) is 2.96. The number of nitrogens with two attached hydrogens (primary N) is 1. The first-order valence-corrected chi connectivity index (χ1v) is 7.38. The van der Waals surface area contributed by atoms with Gasteiger partial charge in [0.15, 0.2) is 0 Å². The van der Waals surface area contributed by atoms with Gasteiger partial charge in [0.2, 0.25) is 0 Å². The number of pyridine rings is 1. The molecule has 1 atom stereocenters. The molecule has 2 N–H and O–H groups in total. The lowest BCUT2D eigenvalue weighted by Gasteiger charge is -2.15. The number of fused-ring (bicyclic) bond motifs is 1. The van der Waals surface area contributed by atoms with Gasteiger partial charge in [0, 0.05) is 23.8 Å². The van der Waals surface area contributed by atoms with Crippen molar-refractivity contribution in [1.82, 2.24) is 4.98 Å². The summed E-state index contributed by atoms with van der Waals surface area (Å²) in [7, 11) is 0. The molecule has 1 heterocycles. The van der Waals surface area contributed by atoms with Crippen molar-refractivity contribution in [2.45, 2.75) is 25.8 Å². The molecule has 21 heavy (non-hydrogen) atoms. The minimum absolute atomic E-state index is 0.0394. The normalized spacial score (nSPS) is 12.5. The quantitative estimate of drug-likeness (QED) is 0.776. The highest BCUT2D eigenvalue weighted by molar-refractivity contribution is 5.85. The van der Waals surface area contributed by atoms with E-state index in [9.17, 15) is 0 Å². The third-order valence-electron chi connectivity index (χ3n) is 4.10. The molecule has 3 rings (SSSR count). The Kier molecular flexibility index (Phi) is 3.98. The minimum atomic E-state index is 0.0394. The molecule has 2 aromatic carbocycles. The zero-order valence-electron chi connectivity index (χ0n) is 12.3. The van der Waals surface area contributed by atoms with E-state index in [1.54, 1.807) is 0 Å². The number of nitrogens with zero attached hydrogens (tertiary/aromatic N) is 1. The van der Waals surface area contributed by atoms with Crippen LogP contribution in [0.1, 0.15) is 29.2 Å². The fraction of sp³-hybridized carbons (Fsp3) is 0.211. The van der Waals surface area contributed by atoms with E-state index < -0.39 is 0 Å². The van der Waals surface area contributed by atoms with Crippen LogP contribution in [0.25, 0.3) is 10.8 Å². The molecule has 0 aliphatic heterocycles. The maximum atomic E-state index is 6.43. The van der Waals surface area contributed by atoms with Gasteiger partial charge in [-0.15, -0.1) is 0 Å². The van der Waals surface area contributed by atoms with Crippen LogP contribution < -0.4 is 5.73 Å². The predicted octanol–water partition coefficient (Wildman–Crippen LogP) is 4.18. The predicted molar refractivity (Wildman–Crippen MR) is 88.2 cm³/mol. The second-order valence-electron chi connectivity index (χ2n) is 5.52. The molecule has 0 saturated carbocycles. The summed E-state index contributed by atoms with van der Waals surface area (Å²) in [5.41, 5.74) is 10.3. The first-order chi connectivity index (χ1) is 10.3. The van der Waals surface area contributed by atoms with Crippen LogP contribution in [-0.4, -0.2) is 4.98 Å². The molecule has 0 amide bonds. The van der Waals surface area contributed by atoms with Crippen molar-refractivity contribution in [1.29, 1.82) is 0 Å². The second-order valence-corrected chi connectivity index (χ2v) is 5.52. The molecule has 0 saturated heterocycles. The van der Waals surface area contributed by atoms with E-state index in [4.69, 9.17) is 5.73 Å². The van der Waals surface area contributed by atoms with Gasteiger partial charge < -0.3 is 5.73 Å². The molecule has 2 heteroatoms. The summed E-state index contributed by atoms with van der Waals surface area (Å²) < 4.78 is 0. The second kappa shape index (κ2) is 6.06. The molecule has 3 aromatic rings. The van der Waals surface area contributed by atoms with Gasteiger partial charge in [-0.3, -0.25) is 4.98 Å². The third-order valence-corrected chi connectivity index (χ3v) is 4.10. The van der Waals surface area contributed by atoms with Gasteiger partial charge in [0.05, 0.1) is 0 Å². The minimum Gasteiger partial charge on any atom is -0.324 e. The summed E-state index contributed by atoms with van der Waals surface area (Å²) in [6.45, 7) is 2.16. The molecule has 0 aliphatic carbocycles. The van der Waals surface area contributed by atoms with Crippen LogP contribution >= 0.6 is 0 Å². The van der Waals surface area contributed by atoms with Crippen LogP contribution in [0.2, 0.25) is 0 Å². The van der Waals surface area contributed by atoms with Crippen LogP contribution in [0.15, 0.2) is 60.9 Å². The van der Waals surface area contributed by atoms with Gasteiger partial charge in [-0.05, 0) is 47.9 Å². The Morgan fingerprint density at radius 3 is 2.76 bits per heavy atom. The number of aryl methyl sites for hydroxylation is 2. The first-order valence-electron chi connectivity index (χ1n) is 7.38. The SMILES string of the molecule is Cc1ccccc1CCC(N)c1cccc2ccncc12. The summed E-state index contributed by atoms with van der Waals surface area (Å²) >= 11 is 0. The van der Waals surface area contributed by atoms with Crippen LogP contribution in [0.5, 0.6) is 0 Å². The molecule has 0 aliphatic rings. The van der Waals surface area contributed by atoms with Gasteiger partial charge in [0.25, 0.3) is 0 Å². The average Bonchev–Trinajstić information content (AvgIpc) is 2.53. The number of hydrogen-bond acceptors (Lipinski definition) is 2. The molecule has 0 radical (unpaired) electrons. The Morgan fingerprint density at radius 1 is 1.05 bits per heavy atom. The molecule has 0 bridgehead atoms. The van der Waals surface area contributed by atoms with E-state index in [2.05, 4.69) is 54.4 Å². The van der Waals surface area contributed by atoms with Crippen LogP contribution in [0.3, 0.4) is 0 Å². The van der Waals surface area contributed by atoms with E-state index in [0.29, 0.717) is 0 Å². The molecule has 0 fully saturated rings. The Hall–Kier alpha value is -2.19. The van der Waals surface area contributed by atoms with E-state index in [-0.39, 0.29) is 6.04 Å². The largest absolute Gasteiger partial charge is 0.324 e. The van der Waals surface area contributed by atoms with Gasteiger partial charge in [-0.25, -0.2) is 0 Å². The molecule has 1 unspecified atom stereocenters. The van der Waals surface area contributed by atoms with Crippen molar-refractivity contribution in [3.63, 3.8) is 0 Å². The first kappa shape index (κ1) is 13.8. The monoisotopic (exact) mass is 276 g/mol. The Balaban J connectivity index is 1.81. The van der Waals surface area contributed by atoms with Crippen molar-refractivity contribution in [3.8, 4) is 0 Å². The Bertz CT molecular complexity index is 744. The number of hydrogen-bond donors (Lipinski definition) is 1. The summed E-state index contributed by atoms with van der Waals surface area (Å²) in [6.07, 6.45) is 5.69. The molecule has 1 aromatic heterocycles. The summed E-state index contributed by atoms with van der Waals surface area (Å²) in [5.74, 6) is 0. The van der Waals surface area contributed by atoms with E-state index in [1.165, 1.54) is 22.1 Å². The van der Waals surface area contributed by atoms with Crippen molar-refractivity contribution < 1.29 is 0 Å². The Morgan fingerprint density at radius 2 is 1.90 bits per heavy atom. The van der Waals surface area contributed by atoms with Crippen LogP contribution in [0, 0.1) is 6.92 Å². The highest BCUT2D eigenvalue weighted by atomic mass is 14.6. The van der Waals surface area contributed by atoms with Crippen LogP contribution in [0.4, 0.5) is 0 Å². The summed E-state index contributed by atoms with van der Waals surface area (Å²) in [5, 5.41) is 2.37. The van der Waals surface area contributed by atoms with E-state index in [0.717, 1.165) is 18.2 Å². The fourth-order valence-corrected chi connectivity index (χ4v) is 2.82. The topological polar surface area (TPSA) is 38.9 Å². The molecule has 2 nitrogen and oxygen atoms in total. The maximum absolute atomic E-state index is 6.43. The van der Waals surface area contributed by atoms with E-state index in [1.807, 2.05) is 18.5 Å². The highest BCUT2D eigenvalue weighted by Gasteiger charge is 2.10. The number of aromatic nitrogens is 1. The summed E-state index contributed by atoms with van der Waals surface area (Å²) in [4.78, 5) is 4.23. The smallest absolute Gasteiger partial charge is 0.0349 e. The molecule has 106 valence electrons. The lowest BCUT2D eigenvalue weighted by Crippen LogP contribution is -2.12. The van der Waals surface area contributed by atoms with Gasteiger partial charge in [-0.2, -0.15) is 0 Å². The fourth-order valence-electron chi connectivity index (χ4n) is 2.82. The zero-order chi connectivity index (χ0) is 14.7. The highest BCUT2D eigenvalue weighted by Crippen LogP contribution is 2.25. The molecular weight excluding hydrogens is 256 g/mol. The van der Waals surface area contributed by atoms with Crippen molar-refractivity contribution in [2.75, 3.05) is 0 Å². The van der Waals surface area contributed by atoms with Crippen molar-refractivity contribution in [3.05, 3.63) is 77.6 Å². The lowest BCUT2D eigenvalue weighted by molar-refractivity contribution is 0.654. The zero-order valence-corrected chi connectivity index (χ0v) is 12.3. The molecule has 0 spiro atoms. The van der Waals surface area contributed by atoms with Gasteiger partial charge in [-0.1, -0.05) is 42.5 Å². The van der Waals surface area contributed by atoms with E-state index >= 15 is 0 Å². The lowest BCUT2D eigenvalue weighted by atomic mass is 9.95. The number of rotatable bonds is 4. The van der Waals surface area contributed by atoms with Crippen molar-refractivity contribution >= 4 is 10.8 Å². The average molecular weight is 276 g/mol. The Labute approximate surface area is 125 Å². The summed E-state index contributed by atoms with van der Waals surface area (Å²) in [6, 6.07) is 16.9. The van der Waals surface area contributed by atoms with Gasteiger partial charge in [0.1, 0.15) is 0 Å². The van der Waals surface area contributed by atoms with Gasteiger partial charge >= 0.3 is 0 Å². The molecular formula is C19H20N2. The standard InChI is InChI=1S/C19H20N2/c1-14-5-2-3-6-15(14)9-10-19(20)17-8-4-7-16-11-12-21-13-18(16)17/h2-8,11-13,19H,9-10,20H2,1H3. The number of benzene rings is 2. The van der Waals surface area contributed by atoms with Crippen LogP contribution in [-0.2, 0) is 6.42 Å². The maximum Gasteiger partial charge on any atom is 0.0349 e. The van der Waals surface area contributed by atoms with Crippen molar-refractivity contribution in [2.24, 2.45) is 5.73 Å².